The van der Waals surface area contributed by atoms with Gasteiger partial charge in [-0.25, -0.2) is 9.37 Å². The summed E-state index contributed by atoms with van der Waals surface area (Å²) in [6, 6.07) is 11.9. The lowest BCUT2D eigenvalue weighted by Gasteiger charge is -2.11. The molecule has 2 heterocycles. The molecule has 0 saturated heterocycles. The lowest BCUT2D eigenvalue weighted by molar-refractivity contribution is 0.0946. The number of carbonyl (C=O) groups excluding carboxylic acids is 1. The molecule has 146 valence electrons. The molecule has 28 heavy (non-hydrogen) atoms. The average molecular weight is 381 g/mol. The molecule has 1 N–H and O–H groups in total. The normalized spacial score (nSPS) is 10.8. The SMILES string of the molecule is CCCCCCOc1cccc(CNC(=O)c2ccc3ncccc3n2)c1F. The van der Waals surface area contributed by atoms with Crippen molar-refractivity contribution < 1.29 is 13.9 Å². The summed E-state index contributed by atoms with van der Waals surface area (Å²) in [4.78, 5) is 20.9. The maximum atomic E-state index is 14.6. The topological polar surface area (TPSA) is 64.1 Å². The molecular formula is C22H24FN3O2. The van der Waals surface area contributed by atoms with E-state index in [2.05, 4.69) is 22.2 Å². The summed E-state index contributed by atoms with van der Waals surface area (Å²) in [6.45, 7) is 2.69. The molecule has 1 aromatic carbocycles. The zero-order chi connectivity index (χ0) is 19.8. The number of carbonyl (C=O) groups is 1. The van der Waals surface area contributed by atoms with Crippen molar-refractivity contribution in [3.8, 4) is 5.75 Å². The fourth-order valence-electron chi connectivity index (χ4n) is 2.86. The first-order valence-corrected chi connectivity index (χ1v) is 9.59. The molecule has 3 rings (SSSR count). The van der Waals surface area contributed by atoms with Crippen molar-refractivity contribution in [1.82, 2.24) is 15.3 Å². The number of amides is 1. The standard InChI is InChI=1S/C22H24FN3O2/c1-2-3-4-5-14-28-20-10-6-8-16(21(20)23)15-25-22(27)19-12-11-17-18(26-19)9-7-13-24-17/h6-13H,2-5,14-15H2,1H3,(H,25,27). The Morgan fingerprint density at radius 2 is 1.96 bits per heavy atom. The largest absolute Gasteiger partial charge is 0.491 e. The van der Waals surface area contributed by atoms with Crippen LogP contribution in [0.3, 0.4) is 0 Å². The molecule has 0 bridgehead atoms. The van der Waals surface area contributed by atoms with Crippen LogP contribution >= 0.6 is 0 Å². The first-order chi connectivity index (χ1) is 13.7. The van der Waals surface area contributed by atoms with Crippen molar-refractivity contribution in [2.45, 2.75) is 39.2 Å². The van der Waals surface area contributed by atoms with Crippen molar-refractivity contribution in [1.29, 1.82) is 0 Å². The van der Waals surface area contributed by atoms with E-state index in [-0.39, 0.29) is 23.9 Å². The molecule has 0 saturated carbocycles. The molecule has 0 aliphatic rings. The van der Waals surface area contributed by atoms with Gasteiger partial charge >= 0.3 is 0 Å². The van der Waals surface area contributed by atoms with Crippen LogP contribution in [0.4, 0.5) is 4.39 Å². The number of nitrogens with zero attached hydrogens (tertiary/aromatic N) is 2. The maximum Gasteiger partial charge on any atom is 0.270 e. The van der Waals surface area contributed by atoms with Crippen LogP contribution in [-0.2, 0) is 6.54 Å². The first kappa shape index (κ1) is 19.7. The number of aromatic nitrogens is 2. The zero-order valence-electron chi connectivity index (χ0n) is 16.0. The highest BCUT2D eigenvalue weighted by molar-refractivity contribution is 5.94. The van der Waals surface area contributed by atoms with Crippen molar-refractivity contribution in [2.24, 2.45) is 0 Å². The van der Waals surface area contributed by atoms with Gasteiger partial charge in [0.05, 0.1) is 17.6 Å². The van der Waals surface area contributed by atoms with E-state index in [0.717, 1.165) is 25.7 Å². The van der Waals surface area contributed by atoms with Crippen LogP contribution in [0.2, 0.25) is 0 Å². The van der Waals surface area contributed by atoms with Gasteiger partial charge in [-0.15, -0.1) is 0 Å². The summed E-state index contributed by atoms with van der Waals surface area (Å²) in [6.07, 6.45) is 5.94. The number of hydrogen-bond acceptors (Lipinski definition) is 4. The van der Waals surface area contributed by atoms with Crippen LogP contribution in [-0.4, -0.2) is 22.5 Å². The number of fused-ring (bicyclic) bond motifs is 1. The summed E-state index contributed by atoms with van der Waals surface area (Å²) in [5, 5.41) is 2.71. The van der Waals surface area contributed by atoms with Crippen LogP contribution in [0.25, 0.3) is 11.0 Å². The van der Waals surface area contributed by atoms with Crippen molar-refractivity contribution in [2.75, 3.05) is 6.61 Å². The smallest absolute Gasteiger partial charge is 0.270 e. The second-order valence-electron chi connectivity index (χ2n) is 6.56. The summed E-state index contributed by atoms with van der Waals surface area (Å²) in [5.41, 5.74) is 2.00. The van der Waals surface area contributed by atoms with Crippen LogP contribution in [0.15, 0.2) is 48.7 Å². The Hall–Kier alpha value is -3.02. The minimum atomic E-state index is -0.436. The number of ether oxygens (including phenoxy) is 1. The van der Waals surface area contributed by atoms with Crippen LogP contribution in [0.1, 0.15) is 48.7 Å². The predicted molar refractivity (Wildman–Crippen MR) is 107 cm³/mol. The molecule has 0 radical (unpaired) electrons. The highest BCUT2D eigenvalue weighted by Crippen LogP contribution is 2.21. The molecule has 0 aliphatic carbocycles. The van der Waals surface area contributed by atoms with E-state index in [9.17, 15) is 9.18 Å². The molecule has 0 spiro atoms. The van der Waals surface area contributed by atoms with Crippen LogP contribution < -0.4 is 10.1 Å². The minimum absolute atomic E-state index is 0.0600. The molecule has 5 nitrogen and oxygen atoms in total. The Kier molecular flexibility index (Phi) is 6.89. The number of nitrogens with one attached hydrogen (secondary N) is 1. The second-order valence-corrected chi connectivity index (χ2v) is 6.56. The lowest BCUT2D eigenvalue weighted by atomic mass is 10.2. The van der Waals surface area contributed by atoms with E-state index in [1.807, 2.05) is 0 Å². The molecule has 0 unspecified atom stereocenters. The lowest BCUT2D eigenvalue weighted by Crippen LogP contribution is -2.24. The van der Waals surface area contributed by atoms with E-state index >= 15 is 0 Å². The Morgan fingerprint density at radius 1 is 1.07 bits per heavy atom. The highest BCUT2D eigenvalue weighted by atomic mass is 19.1. The van der Waals surface area contributed by atoms with Gasteiger partial charge in [-0.05, 0) is 36.8 Å². The molecule has 2 aromatic heterocycles. The third-order valence-electron chi connectivity index (χ3n) is 4.43. The quantitative estimate of drug-likeness (QED) is 0.548. The summed E-state index contributed by atoms with van der Waals surface area (Å²) >= 11 is 0. The highest BCUT2D eigenvalue weighted by Gasteiger charge is 2.12. The number of benzene rings is 1. The fraction of sp³-hybridized carbons (Fsp3) is 0.318. The zero-order valence-corrected chi connectivity index (χ0v) is 16.0. The molecule has 1 amide bonds. The summed E-state index contributed by atoms with van der Waals surface area (Å²) in [7, 11) is 0. The molecule has 3 aromatic rings. The van der Waals surface area contributed by atoms with Crippen molar-refractivity contribution in [3.63, 3.8) is 0 Å². The second kappa shape index (κ2) is 9.78. The molecular weight excluding hydrogens is 357 g/mol. The predicted octanol–water partition coefficient (Wildman–Crippen LogP) is 4.66. The Morgan fingerprint density at radius 3 is 2.82 bits per heavy atom. The summed E-state index contributed by atoms with van der Waals surface area (Å²) in [5.74, 6) is -0.580. The number of halogens is 1. The number of pyridine rings is 2. The number of unbranched alkanes of at least 4 members (excludes halogenated alkanes) is 3. The van der Waals surface area contributed by atoms with E-state index in [4.69, 9.17) is 4.74 Å². The van der Waals surface area contributed by atoms with Gasteiger partial charge in [-0.2, -0.15) is 0 Å². The number of hydrogen-bond donors (Lipinski definition) is 1. The van der Waals surface area contributed by atoms with Gasteiger partial charge in [0.15, 0.2) is 11.6 Å². The van der Waals surface area contributed by atoms with Crippen LogP contribution in [0.5, 0.6) is 5.75 Å². The molecule has 0 atom stereocenters. The van der Waals surface area contributed by atoms with E-state index < -0.39 is 5.82 Å². The third kappa shape index (κ3) is 5.03. The first-order valence-electron chi connectivity index (χ1n) is 9.59. The van der Waals surface area contributed by atoms with Crippen LogP contribution in [0, 0.1) is 5.82 Å². The van der Waals surface area contributed by atoms with Gasteiger partial charge < -0.3 is 10.1 Å². The minimum Gasteiger partial charge on any atom is -0.491 e. The monoisotopic (exact) mass is 381 g/mol. The van der Waals surface area contributed by atoms with Gasteiger partial charge in [-0.3, -0.25) is 9.78 Å². The average Bonchev–Trinajstić information content (AvgIpc) is 2.73. The van der Waals surface area contributed by atoms with Crippen molar-refractivity contribution in [3.05, 3.63) is 65.7 Å². The molecule has 6 heteroatoms. The van der Waals surface area contributed by atoms with Gasteiger partial charge in [0, 0.05) is 18.3 Å². The van der Waals surface area contributed by atoms with Gasteiger partial charge in [-0.1, -0.05) is 38.3 Å². The molecule has 0 aliphatic heterocycles. The Bertz CT molecular complexity index is 946. The van der Waals surface area contributed by atoms with Gasteiger partial charge in [0.2, 0.25) is 0 Å². The maximum absolute atomic E-state index is 14.6. The molecule has 0 fully saturated rings. The Labute approximate surface area is 164 Å². The number of rotatable bonds is 9. The van der Waals surface area contributed by atoms with E-state index in [1.54, 1.807) is 48.7 Å². The van der Waals surface area contributed by atoms with Crippen molar-refractivity contribution >= 4 is 16.9 Å². The van der Waals surface area contributed by atoms with E-state index in [0.29, 0.717) is 23.2 Å². The fourth-order valence-corrected chi connectivity index (χ4v) is 2.86. The third-order valence-corrected chi connectivity index (χ3v) is 4.43. The van der Waals surface area contributed by atoms with Gasteiger partial charge in [0.25, 0.3) is 5.91 Å². The Balaban J connectivity index is 1.60. The van der Waals surface area contributed by atoms with Gasteiger partial charge in [0.1, 0.15) is 5.69 Å². The van der Waals surface area contributed by atoms with E-state index in [1.165, 1.54) is 0 Å². The summed E-state index contributed by atoms with van der Waals surface area (Å²) < 4.78 is 20.2.